The van der Waals surface area contributed by atoms with E-state index in [2.05, 4.69) is 27.3 Å². The smallest absolute Gasteiger partial charge is 0.410 e. The molecule has 1 N–H and O–H groups in total. The van der Waals surface area contributed by atoms with Crippen LogP contribution in [0.25, 0.3) is 0 Å². The van der Waals surface area contributed by atoms with Crippen LogP contribution in [0.4, 0.5) is 9.80 Å². The highest BCUT2D eigenvalue weighted by Gasteiger charge is 2.28. The van der Waals surface area contributed by atoms with Gasteiger partial charge in [0.05, 0.1) is 32.9 Å². The summed E-state index contributed by atoms with van der Waals surface area (Å²) in [6.45, 7) is 2.93. The maximum atomic E-state index is 12.7. The number of rotatable bonds is 7. The first-order chi connectivity index (χ1) is 15.4. The lowest BCUT2D eigenvalue weighted by molar-refractivity contribution is -0.116. The van der Waals surface area contributed by atoms with E-state index in [9.17, 15) is 14.9 Å². The van der Waals surface area contributed by atoms with Gasteiger partial charge in [-0.25, -0.2) is 4.79 Å². The summed E-state index contributed by atoms with van der Waals surface area (Å²) in [4.78, 5) is 27.2. The lowest BCUT2D eigenvalue weighted by Gasteiger charge is -2.25. The summed E-state index contributed by atoms with van der Waals surface area (Å²) >= 11 is 4.78. The number of hydrogen-bond donors (Lipinski definition) is 1. The van der Waals surface area contributed by atoms with E-state index in [1.165, 1.54) is 11.3 Å². The molecular weight excluding hydrogens is 498 g/mol. The predicted molar refractivity (Wildman–Crippen MR) is 124 cm³/mol. The Labute approximate surface area is 199 Å². The first-order valence-electron chi connectivity index (χ1n) is 10.1. The number of aryl methyl sites for hydroxylation is 1. The highest BCUT2D eigenvalue weighted by atomic mass is 79.9. The summed E-state index contributed by atoms with van der Waals surface area (Å²) in [5, 5.41) is 13.1. The SMILES string of the molecule is CCOC(=O)N1CCc2c(sc(NC(=O)CCc3cc(Br)cc(OC)c3OC)c2C#N)C1. The fourth-order valence-electron chi connectivity index (χ4n) is 3.61. The summed E-state index contributed by atoms with van der Waals surface area (Å²) in [5.41, 5.74) is 2.21. The largest absolute Gasteiger partial charge is 0.493 e. The van der Waals surface area contributed by atoms with Crippen molar-refractivity contribution in [2.45, 2.75) is 32.7 Å². The zero-order valence-corrected chi connectivity index (χ0v) is 20.5. The van der Waals surface area contributed by atoms with Crippen LogP contribution in [-0.2, 0) is 28.9 Å². The van der Waals surface area contributed by atoms with Crippen LogP contribution in [0.3, 0.4) is 0 Å². The van der Waals surface area contributed by atoms with Gasteiger partial charge in [0, 0.05) is 22.3 Å². The molecule has 2 amide bonds. The third-order valence-electron chi connectivity index (χ3n) is 5.09. The molecule has 3 rings (SSSR count). The molecule has 0 atom stereocenters. The minimum Gasteiger partial charge on any atom is -0.493 e. The van der Waals surface area contributed by atoms with E-state index >= 15 is 0 Å². The predicted octanol–water partition coefficient (Wildman–Crippen LogP) is 4.49. The van der Waals surface area contributed by atoms with Crippen molar-refractivity contribution < 1.29 is 23.8 Å². The van der Waals surface area contributed by atoms with Crippen LogP contribution in [-0.4, -0.2) is 44.3 Å². The van der Waals surface area contributed by atoms with Crippen molar-refractivity contribution in [3.8, 4) is 17.6 Å². The van der Waals surface area contributed by atoms with Crippen LogP contribution in [0.15, 0.2) is 16.6 Å². The molecule has 0 bridgehead atoms. The van der Waals surface area contributed by atoms with Gasteiger partial charge < -0.3 is 24.4 Å². The summed E-state index contributed by atoms with van der Waals surface area (Å²) < 4.78 is 16.7. The minimum atomic E-state index is -0.367. The van der Waals surface area contributed by atoms with E-state index < -0.39 is 0 Å². The number of benzene rings is 1. The molecule has 1 aromatic carbocycles. The van der Waals surface area contributed by atoms with Gasteiger partial charge in [-0.2, -0.15) is 5.26 Å². The summed E-state index contributed by atoms with van der Waals surface area (Å²) in [5.74, 6) is 0.969. The van der Waals surface area contributed by atoms with Crippen LogP contribution in [0.1, 0.15) is 34.9 Å². The van der Waals surface area contributed by atoms with Crippen LogP contribution >= 0.6 is 27.3 Å². The van der Waals surface area contributed by atoms with E-state index in [0.29, 0.717) is 54.6 Å². The molecule has 1 aliphatic heterocycles. The minimum absolute atomic E-state index is 0.205. The zero-order chi connectivity index (χ0) is 23.3. The van der Waals surface area contributed by atoms with Gasteiger partial charge >= 0.3 is 6.09 Å². The topological polar surface area (TPSA) is 101 Å². The number of fused-ring (bicyclic) bond motifs is 1. The molecule has 32 heavy (non-hydrogen) atoms. The van der Waals surface area contributed by atoms with Gasteiger partial charge in [-0.3, -0.25) is 4.79 Å². The summed E-state index contributed by atoms with van der Waals surface area (Å²) in [6, 6.07) is 5.91. The van der Waals surface area contributed by atoms with E-state index in [1.54, 1.807) is 32.1 Å². The summed E-state index contributed by atoms with van der Waals surface area (Å²) in [7, 11) is 3.12. The molecule has 0 saturated carbocycles. The van der Waals surface area contributed by atoms with Crippen molar-refractivity contribution >= 4 is 44.3 Å². The van der Waals surface area contributed by atoms with Gasteiger partial charge in [-0.05, 0) is 43.0 Å². The maximum Gasteiger partial charge on any atom is 0.410 e. The Bertz CT molecular complexity index is 1060. The number of carbonyl (C=O) groups excluding carboxylic acids is 2. The second-order valence-corrected chi connectivity index (χ2v) is 9.06. The molecule has 0 spiro atoms. The highest BCUT2D eigenvalue weighted by Crippen LogP contribution is 2.38. The standard InChI is InChI=1S/C22H24BrN3O5S/c1-4-31-22(28)26-8-7-15-16(11-24)21(32-18(15)12-26)25-19(27)6-5-13-9-14(23)10-17(29-2)20(13)30-3/h9-10H,4-8,12H2,1-3H3,(H,25,27). The molecule has 2 aromatic rings. The van der Waals surface area contributed by atoms with Gasteiger partial charge in [-0.15, -0.1) is 11.3 Å². The van der Waals surface area contributed by atoms with Crippen molar-refractivity contribution in [3.63, 3.8) is 0 Å². The van der Waals surface area contributed by atoms with Gasteiger partial charge in [0.2, 0.25) is 5.91 Å². The second-order valence-electron chi connectivity index (χ2n) is 7.04. The van der Waals surface area contributed by atoms with Gasteiger partial charge in [0.25, 0.3) is 0 Å². The number of ether oxygens (including phenoxy) is 3. The summed E-state index contributed by atoms with van der Waals surface area (Å²) in [6.07, 6.45) is 0.833. The Balaban J connectivity index is 1.71. The number of anilines is 1. The number of nitriles is 1. The quantitative estimate of drug-likeness (QED) is 0.576. The Morgan fingerprint density at radius 1 is 1.31 bits per heavy atom. The molecule has 2 heterocycles. The monoisotopic (exact) mass is 521 g/mol. The zero-order valence-electron chi connectivity index (χ0n) is 18.1. The molecule has 10 heteroatoms. The third kappa shape index (κ3) is 5.16. The van der Waals surface area contributed by atoms with Crippen LogP contribution < -0.4 is 14.8 Å². The number of nitrogens with one attached hydrogen (secondary N) is 1. The van der Waals surface area contributed by atoms with Gasteiger partial charge in [0.15, 0.2) is 11.5 Å². The first kappa shape index (κ1) is 23.9. The molecule has 0 fully saturated rings. The fourth-order valence-corrected chi connectivity index (χ4v) is 5.32. The van der Waals surface area contributed by atoms with Crippen molar-refractivity contribution in [1.29, 1.82) is 5.26 Å². The number of hydrogen-bond acceptors (Lipinski definition) is 7. The number of halogens is 1. The van der Waals surface area contributed by atoms with Crippen molar-refractivity contribution in [3.05, 3.63) is 38.2 Å². The Morgan fingerprint density at radius 2 is 2.09 bits per heavy atom. The molecule has 0 saturated heterocycles. The number of thiophene rings is 1. The molecule has 1 aliphatic rings. The van der Waals surface area contributed by atoms with Crippen LogP contribution in [0.2, 0.25) is 0 Å². The molecule has 0 aliphatic carbocycles. The average Bonchev–Trinajstić information content (AvgIpc) is 3.13. The lowest BCUT2D eigenvalue weighted by atomic mass is 10.0. The Kier molecular flexibility index (Phi) is 7.99. The van der Waals surface area contributed by atoms with Crippen LogP contribution in [0.5, 0.6) is 11.5 Å². The normalized spacial score (nSPS) is 12.5. The molecular formula is C22H24BrN3O5S. The maximum absolute atomic E-state index is 12.7. The highest BCUT2D eigenvalue weighted by molar-refractivity contribution is 9.10. The second kappa shape index (κ2) is 10.7. The Morgan fingerprint density at radius 3 is 2.75 bits per heavy atom. The van der Waals surface area contributed by atoms with Crippen LogP contribution in [0, 0.1) is 11.3 Å². The molecule has 0 unspecified atom stereocenters. The first-order valence-corrected chi connectivity index (χ1v) is 11.7. The van der Waals surface area contributed by atoms with Gasteiger partial charge in [0.1, 0.15) is 11.1 Å². The van der Waals surface area contributed by atoms with Crippen molar-refractivity contribution in [2.75, 3.05) is 32.7 Å². The molecule has 170 valence electrons. The lowest BCUT2D eigenvalue weighted by Crippen LogP contribution is -2.35. The van der Waals surface area contributed by atoms with E-state index in [-0.39, 0.29) is 18.4 Å². The van der Waals surface area contributed by atoms with E-state index in [4.69, 9.17) is 14.2 Å². The number of carbonyl (C=O) groups is 2. The van der Waals surface area contributed by atoms with Gasteiger partial charge in [-0.1, -0.05) is 15.9 Å². The fraction of sp³-hybridized carbons (Fsp3) is 0.409. The Hall–Kier alpha value is -2.77. The van der Waals surface area contributed by atoms with E-state index in [1.807, 2.05) is 6.07 Å². The van der Waals surface area contributed by atoms with Crippen molar-refractivity contribution in [1.82, 2.24) is 4.90 Å². The van der Waals surface area contributed by atoms with E-state index in [0.717, 1.165) is 20.5 Å². The number of nitrogens with zero attached hydrogens (tertiary/aromatic N) is 2. The third-order valence-corrected chi connectivity index (χ3v) is 6.68. The number of amides is 2. The molecule has 1 aromatic heterocycles. The average molecular weight is 522 g/mol. The molecule has 8 nitrogen and oxygen atoms in total. The van der Waals surface area contributed by atoms with Crippen molar-refractivity contribution in [2.24, 2.45) is 0 Å². The number of methoxy groups -OCH3 is 2. The molecule has 0 radical (unpaired) electrons.